The number of aryl methyl sites for hydroxylation is 3. The number of sulfonamides is 1. The van der Waals surface area contributed by atoms with Crippen LogP contribution < -0.4 is 10.0 Å². The molecule has 1 aliphatic carbocycles. The molecule has 1 fully saturated rings. The van der Waals surface area contributed by atoms with Crippen LogP contribution in [0.3, 0.4) is 0 Å². The minimum absolute atomic E-state index is 0.120. The predicted octanol–water partition coefficient (Wildman–Crippen LogP) is 3.30. The van der Waals surface area contributed by atoms with Crippen molar-refractivity contribution in [2.45, 2.75) is 44.6 Å². The van der Waals surface area contributed by atoms with E-state index in [-0.39, 0.29) is 16.8 Å². The molecule has 1 aliphatic rings. The van der Waals surface area contributed by atoms with Crippen molar-refractivity contribution in [2.75, 3.05) is 4.72 Å². The van der Waals surface area contributed by atoms with E-state index >= 15 is 0 Å². The van der Waals surface area contributed by atoms with Crippen LogP contribution in [0, 0.1) is 20.8 Å². The molecule has 0 aliphatic heterocycles. The molecule has 3 rings (SSSR count). The summed E-state index contributed by atoms with van der Waals surface area (Å²) in [5, 5.41) is 2.88. The van der Waals surface area contributed by atoms with E-state index in [0.29, 0.717) is 16.8 Å². The molecule has 1 saturated carbocycles. The van der Waals surface area contributed by atoms with Gasteiger partial charge in [-0.05, 0) is 74.6 Å². The molecule has 0 aromatic heterocycles. The molecule has 2 aromatic rings. The first-order valence-corrected chi connectivity index (χ1v) is 9.76. The molecule has 6 heteroatoms. The quantitative estimate of drug-likeness (QED) is 0.861. The summed E-state index contributed by atoms with van der Waals surface area (Å²) in [5.41, 5.74) is 3.57. The summed E-state index contributed by atoms with van der Waals surface area (Å²) in [6.45, 7) is 5.62. The lowest BCUT2D eigenvalue weighted by Crippen LogP contribution is -2.26. The lowest BCUT2D eigenvalue weighted by Gasteiger charge is -2.13. The lowest BCUT2D eigenvalue weighted by molar-refractivity contribution is 0.0951. The molecule has 5 nitrogen and oxygen atoms in total. The number of rotatable bonds is 5. The molecule has 0 saturated heterocycles. The van der Waals surface area contributed by atoms with Crippen molar-refractivity contribution in [3.63, 3.8) is 0 Å². The summed E-state index contributed by atoms with van der Waals surface area (Å²) in [4.78, 5) is 12.3. The highest BCUT2D eigenvalue weighted by Crippen LogP contribution is 2.23. The zero-order valence-corrected chi connectivity index (χ0v) is 15.4. The van der Waals surface area contributed by atoms with Crippen LogP contribution in [-0.4, -0.2) is 20.4 Å². The average Bonchev–Trinajstić information content (AvgIpc) is 3.35. The Bertz CT molecular complexity index is 932. The average molecular weight is 358 g/mol. The summed E-state index contributed by atoms with van der Waals surface area (Å²) < 4.78 is 28.2. The zero-order valence-electron chi connectivity index (χ0n) is 14.6. The van der Waals surface area contributed by atoms with Gasteiger partial charge in [0.2, 0.25) is 0 Å². The van der Waals surface area contributed by atoms with E-state index in [1.807, 2.05) is 19.9 Å². The summed E-state index contributed by atoms with van der Waals surface area (Å²) >= 11 is 0. The number of amides is 1. The SMILES string of the molecule is Cc1ccc(NS(=O)(=O)c2cc(C(=O)NC3CC3)ccc2C)cc1C. The van der Waals surface area contributed by atoms with Crippen LogP contribution in [0.15, 0.2) is 41.3 Å². The first-order chi connectivity index (χ1) is 11.8. The fourth-order valence-corrected chi connectivity index (χ4v) is 3.86. The first-order valence-electron chi connectivity index (χ1n) is 8.28. The molecule has 0 radical (unpaired) electrons. The number of hydrogen-bond acceptors (Lipinski definition) is 3. The van der Waals surface area contributed by atoms with E-state index in [1.54, 1.807) is 31.2 Å². The van der Waals surface area contributed by atoms with E-state index in [0.717, 1.165) is 24.0 Å². The highest BCUT2D eigenvalue weighted by molar-refractivity contribution is 7.92. The van der Waals surface area contributed by atoms with Crippen LogP contribution in [0.5, 0.6) is 0 Å². The normalized spacial score (nSPS) is 14.2. The smallest absolute Gasteiger partial charge is 0.262 e. The van der Waals surface area contributed by atoms with Gasteiger partial charge in [0.05, 0.1) is 4.90 Å². The van der Waals surface area contributed by atoms with Gasteiger partial charge in [-0.25, -0.2) is 8.42 Å². The third-order valence-corrected chi connectivity index (χ3v) is 5.93. The number of carbonyl (C=O) groups excluding carboxylic acids is 1. The van der Waals surface area contributed by atoms with Gasteiger partial charge in [0.15, 0.2) is 0 Å². The first kappa shape index (κ1) is 17.5. The van der Waals surface area contributed by atoms with Crippen LogP contribution in [0.2, 0.25) is 0 Å². The van der Waals surface area contributed by atoms with Gasteiger partial charge in [-0.15, -0.1) is 0 Å². The Morgan fingerprint density at radius 3 is 2.28 bits per heavy atom. The number of benzene rings is 2. The Hall–Kier alpha value is -2.34. The van der Waals surface area contributed by atoms with Gasteiger partial charge in [0, 0.05) is 17.3 Å². The van der Waals surface area contributed by atoms with Crippen molar-refractivity contribution in [2.24, 2.45) is 0 Å². The van der Waals surface area contributed by atoms with Gasteiger partial charge in [0.25, 0.3) is 15.9 Å². The number of hydrogen-bond donors (Lipinski definition) is 2. The maximum Gasteiger partial charge on any atom is 0.262 e. The standard InChI is InChI=1S/C19H22N2O3S/c1-12-5-7-17(10-14(12)3)21-25(23,24)18-11-15(6-4-13(18)2)19(22)20-16-8-9-16/h4-7,10-11,16,21H,8-9H2,1-3H3,(H,20,22). The summed E-state index contributed by atoms with van der Waals surface area (Å²) in [7, 11) is -3.77. The van der Waals surface area contributed by atoms with Crippen molar-refractivity contribution >= 4 is 21.6 Å². The molecule has 0 spiro atoms. The zero-order chi connectivity index (χ0) is 18.2. The van der Waals surface area contributed by atoms with E-state index in [1.165, 1.54) is 6.07 Å². The third kappa shape index (κ3) is 4.02. The molecule has 0 unspecified atom stereocenters. The topological polar surface area (TPSA) is 75.3 Å². The molecule has 25 heavy (non-hydrogen) atoms. The third-order valence-electron chi connectivity index (χ3n) is 4.41. The molecule has 1 amide bonds. The second-order valence-electron chi connectivity index (χ2n) is 6.63. The van der Waals surface area contributed by atoms with Crippen molar-refractivity contribution in [1.29, 1.82) is 0 Å². The van der Waals surface area contributed by atoms with Crippen molar-refractivity contribution < 1.29 is 13.2 Å². The Kier molecular flexibility index (Phi) is 4.56. The van der Waals surface area contributed by atoms with E-state index in [4.69, 9.17) is 0 Å². The summed E-state index contributed by atoms with van der Waals surface area (Å²) in [6, 6.07) is 10.4. The number of carbonyl (C=O) groups is 1. The molecule has 132 valence electrons. The van der Waals surface area contributed by atoms with Crippen molar-refractivity contribution in [3.8, 4) is 0 Å². The largest absolute Gasteiger partial charge is 0.349 e. The van der Waals surface area contributed by atoms with Crippen LogP contribution in [0.25, 0.3) is 0 Å². The predicted molar refractivity (Wildman–Crippen MR) is 98.4 cm³/mol. The summed E-state index contributed by atoms with van der Waals surface area (Å²) in [5.74, 6) is -0.231. The second kappa shape index (κ2) is 6.52. The second-order valence-corrected chi connectivity index (χ2v) is 8.28. The van der Waals surface area contributed by atoms with E-state index in [2.05, 4.69) is 10.0 Å². The van der Waals surface area contributed by atoms with Crippen LogP contribution >= 0.6 is 0 Å². The summed E-state index contributed by atoms with van der Waals surface area (Å²) in [6.07, 6.45) is 1.97. The van der Waals surface area contributed by atoms with E-state index < -0.39 is 10.0 Å². The van der Waals surface area contributed by atoms with E-state index in [9.17, 15) is 13.2 Å². The van der Waals surface area contributed by atoms with Crippen LogP contribution in [-0.2, 0) is 10.0 Å². The Morgan fingerprint density at radius 1 is 0.960 bits per heavy atom. The van der Waals surface area contributed by atoms with Crippen molar-refractivity contribution in [1.82, 2.24) is 5.32 Å². The fraction of sp³-hybridized carbons (Fsp3) is 0.316. The number of nitrogens with one attached hydrogen (secondary N) is 2. The molecule has 2 N–H and O–H groups in total. The van der Waals surface area contributed by atoms with Crippen LogP contribution in [0.1, 0.15) is 39.9 Å². The van der Waals surface area contributed by atoms with Gasteiger partial charge in [-0.2, -0.15) is 0 Å². The monoisotopic (exact) mass is 358 g/mol. The minimum Gasteiger partial charge on any atom is -0.349 e. The van der Waals surface area contributed by atoms with Gasteiger partial charge in [-0.1, -0.05) is 12.1 Å². The molecular formula is C19H22N2O3S. The van der Waals surface area contributed by atoms with Crippen LogP contribution in [0.4, 0.5) is 5.69 Å². The molecule has 0 bridgehead atoms. The molecule has 0 heterocycles. The maximum atomic E-state index is 12.8. The Morgan fingerprint density at radius 2 is 1.64 bits per heavy atom. The van der Waals surface area contributed by atoms with Gasteiger partial charge in [0.1, 0.15) is 0 Å². The van der Waals surface area contributed by atoms with Gasteiger partial charge < -0.3 is 5.32 Å². The number of anilines is 1. The molecular weight excluding hydrogens is 336 g/mol. The highest BCUT2D eigenvalue weighted by atomic mass is 32.2. The highest BCUT2D eigenvalue weighted by Gasteiger charge is 2.25. The van der Waals surface area contributed by atoms with Gasteiger partial charge in [-0.3, -0.25) is 9.52 Å². The fourth-order valence-electron chi connectivity index (χ4n) is 2.54. The molecule has 0 atom stereocenters. The molecule has 2 aromatic carbocycles. The van der Waals surface area contributed by atoms with Crippen molar-refractivity contribution in [3.05, 3.63) is 58.7 Å². The minimum atomic E-state index is -3.77. The Balaban J connectivity index is 1.89. The maximum absolute atomic E-state index is 12.8. The van der Waals surface area contributed by atoms with Gasteiger partial charge >= 0.3 is 0 Å². The Labute approximate surface area is 148 Å². The lowest BCUT2D eigenvalue weighted by atomic mass is 10.1.